The molecule has 2 saturated carbocycles. The van der Waals surface area contributed by atoms with Crippen LogP contribution >= 0.6 is 0 Å². The first-order valence-electron chi connectivity index (χ1n) is 40.8. The van der Waals surface area contributed by atoms with Gasteiger partial charge in [-0.1, -0.05) is 132 Å². The van der Waals surface area contributed by atoms with E-state index in [9.17, 15) is 0 Å². The Bertz CT molecular complexity index is 4460. The summed E-state index contributed by atoms with van der Waals surface area (Å²) in [5.41, 5.74) is 21.4. The molecule has 0 bridgehead atoms. The van der Waals surface area contributed by atoms with E-state index < -0.39 is 51.5 Å². The van der Waals surface area contributed by atoms with Crippen molar-refractivity contribution >= 4 is 0 Å². The maximum Gasteiger partial charge on any atom is 0.212 e. The minimum atomic E-state index is -2.12. The number of hydrogen-bond donors (Lipinski definition) is 0. The second-order valence-electron chi connectivity index (χ2n) is 27.5. The summed E-state index contributed by atoms with van der Waals surface area (Å²) < 4.78 is 145. The van der Waals surface area contributed by atoms with E-state index in [4.69, 9.17) is 23.3 Å². The van der Waals surface area contributed by atoms with Gasteiger partial charge in [-0.2, -0.15) is 0 Å². The standard InChI is InChI=1S/C24H34N.C21H28N.C21H30N.C18H22N/c1-17-7-8-22(19(3)13-17)23-14-18(2)21(16-25(23)6)15-20-9-11-24(4,5)12-10-20;1-15-9-10-20(17(3)11-15)21-12-16(2)19(14-22(21)4)13-18-7-5-6-8-18;1-8-17-9-10-19(16(3)11-17)20-12-15(2)18(14-22(20)7)13-21(4,5)6;1-13-8-9-17(14(2)10-13)18-11-15-6-4-5-7-16(15)12-19(18)3/h7-8,13-14,16,20H,9-12,15H2,1-6H3;9-12,14,18H,5-8,13H2,1-4H3;9-12,14H,8,13H2,1-7H3;8-12H,4-7H2,1-3H3/q4*+1/i1D3,15D2;1D3,13D2;13D2;1D3,7D2. The first kappa shape index (κ1) is 47.4. The molecule has 0 N–H and O–H groups in total. The van der Waals surface area contributed by atoms with Crippen molar-refractivity contribution in [2.75, 3.05) is 0 Å². The van der Waals surface area contributed by atoms with Gasteiger partial charge in [0, 0.05) is 92.1 Å². The van der Waals surface area contributed by atoms with Crippen LogP contribution in [0.1, 0.15) is 218 Å². The van der Waals surface area contributed by atoms with E-state index >= 15 is 0 Å². The van der Waals surface area contributed by atoms with E-state index in [-0.39, 0.29) is 11.8 Å². The number of aromatic nitrogens is 4. The number of rotatable bonds is 10. The molecule has 4 aromatic heterocycles. The maximum atomic E-state index is 8.93. The Morgan fingerprint density at radius 1 is 0.466 bits per heavy atom. The van der Waals surface area contributed by atoms with Gasteiger partial charge in [-0.3, -0.25) is 0 Å². The van der Waals surface area contributed by atoms with Gasteiger partial charge < -0.3 is 0 Å². The molecule has 0 radical (unpaired) electrons. The van der Waals surface area contributed by atoms with Crippen molar-refractivity contribution in [3.05, 3.63) is 211 Å². The minimum absolute atomic E-state index is 0.0374. The summed E-state index contributed by atoms with van der Waals surface area (Å²) >= 11 is 0. The van der Waals surface area contributed by atoms with Crippen molar-refractivity contribution in [2.24, 2.45) is 50.9 Å². The predicted octanol–water partition coefficient (Wildman–Crippen LogP) is 19.3. The summed E-state index contributed by atoms with van der Waals surface area (Å²) in [6.45, 7) is 20.1. The molecule has 3 aliphatic carbocycles. The van der Waals surface area contributed by atoms with E-state index in [1.165, 1.54) is 16.7 Å². The molecule has 11 rings (SSSR count). The van der Waals surface area contributed by atoms with Gasteiger partial charge in [-0.05, 0) is 243 Å². The zero-order valence-corrected chi connectivity index (χ0v) is 56.5. The lowest BCUT2D eigenvalue weighted by Crippen LogP contribution is -2.32. The van der Waals surface area contributed by atoms with Crippen LogP contribution in [-0.4, -0.2) is 0 Å². The highest BCUT2D eigenvalue weighted by Gasteiger charge is 2.29. The van der Waals surface area contributed by atoms with Crippen LogP contribution in [0.3, 0.4) is 0 Å². The molecule has 4 heterocycles. The van der Waals surface area contributed by atoms with Gasteiger partial charge in [0.25, 0.3) is 0 Å². The summed E-state index contributed by atoms with van der Waals surface area (Å²) in [6, 6.07) is 30.6. The topological polar surface area (TPSA) is 15.5 Å². The van der Waals surface area contributed by atoms with Crippen LogP contribution in [0.25, 0.3) is 45.0 Å². The monoisotopic (exact) mass is 1200 g/mol. The van der Waals surface area contributed by atoms with Crippen LogP contribution in [0.2, 0.25) is 0 Å². The van der Waals surface area contributed by atoms with Gasteiger partial charge in [0.15, 0.2) is 24.8 Å². The minimum Gasteiger partial charge on any atom is -0.201 e. The lowest BCUT2D eigenvalue weighted by molar-refractivity contribution is -0.661. The first-order valence-corrected chi connectivity index (χ1v) is 32.3. The van der Waals surface area contributed by atoms with E-state index in [0.29, 0.717) is 28.5 Å². The Morgan fingerprint density at radius 3 is 1.28 bits per heavy atom. The summed E-state index contributed by atoms with van der Waals surface area (Å²) in [7, 11) is 7.79. The third-order valence-corrected chi connectivity index (χ3v) is 18.1. The van der Waals surface area contributed by atoms with Crippen molar-refractivity contribution in [3.63, 3.8) is 0 Å². The molecule has 8 aromatic rings. The van der Waals surface area contributed by atoms with Gasteiger partial charge in [0.2, 0.25) is 22.8 Å². The Labute approximate surface area is 559 Å². The molecule has 0 spiro atoms. The second kappa shape index (κ2) is 29.4. The number of pyridine rings is 4. The molecule has 4 aromatic carbocycles. The Hall–Kier alpha value is -6.52. The van der Waals surface area contributed by atoms with Crippen molar-refractivity contribution in [1.29, 1.82) is 0 Å². The SMILES string of the molecule is [2H]C([2H])([2H])c1ccc(-c2cc(C)c(C([2H])([2H])C3CCC(C)(C)CC3)c[n+]2C)c(C)c1.[2H]C([2H])([2H])c1ccc(-c2cc(C)c(C([2H])([2H])C3CCCC3)c[n+]2C)c(C)c1.[2H]C([2H])([2H])c1ccc(-c2cc3c(c[n+]2C)C([2H])([2H])CCC3)c(C)c1.[2H]C([2H])(c1c[n+](C)c(-c2ccc(CC)cc2C)cc1C)C(C)(C)C. The highest BCUT2D eigenvalue weighted by molar-refractivity contribution is 5.65. The average Bonchev–Trinajstić information content (AvgIpc) is 0.948. The zero-order chi connectivity index (χ0) is 78.4. The van der Waals surface area contributed by atoms with Gasteiger partial charge in [-0.25, -0.2) is 18.3 Å². The fourth-order valence-corrected chi connectivity index (χ4v) is 12.9. The fourth-order valence-electron chi connectivity index (χ4n) is 12.9. The number of nitrogens with zero attached hydrogens (tertiary/aromatic N) is 4. The first-order chi connectivity index (χ1) is 48.3. The molecule has 0 saturated heterocycles. The van der Waals surface area contributed by atoms with E-state index in [1.807, 2.05) is 159 Å². The molecule has 88 heavy (non-hydrogen) atoms. The summed E-state index contributed by atoms with van der Waals surface area (Å²) in [5, 5.41) is 0. The average molecular weight is 1200 g/mol. The molecule has 0 atom stereocenters. The quantitative estimate of drug-likeness (QED) is 0.121. The number of aryl methyl sites for hydroxylation is 17. The molecular weight excluding hydrogens is 1060 g/mol. The Kier molecular flexibility index (Phi) is 15.9. The van der Waals surface area contributed by atoms with Gasteiger partial charge in [0.1, 0.15) is 28.2 Å². The molecule has 0 unspecified atom stereocenters. The van der Waals surface area contributed by atoms with Crippen molar-refractivity contribution in [3.8, 4) is 45.0 Å². The molecule has 4 nitrogen and oxygen atoms in total. The van der Waals surface area contributed by atoms with E-state index in [0.717, 1.165) is 171 Å². The Morgan fingerprint density at radius 2 is 0.864 bits per heavy atom. The predicted molar refractivity (Wildman–Crippen MR) is 374 cm³/mol. The van der Waals surface area contributed by atoms with Crippen LogP contribution in [-0.2, 0) is 66.5 Å². The van der Waals surface area contributed by atoms with E-state index in [2.05, 4.69) is 62.6 Å². The smallest absolute Gasteiger partial charge is 0.201 e. The largest absolute Gasteiger partial charge is 0.212 e. The van der Waals surface area contributed by atoms with Crippen LogP contribution < -0.4 is 18.3 Å². The molecule has 0 aliphatic heterocycles. The van der Waals surface area contributed by atoms with Crippen molar-refractivity contribution in [2.45, 2.75) is 213 Å². The second-order valence-corrected chi connectivity index (χ2v) is 27.5. The highest BCUT2D eigenvalue weighted by atomic mass is 14.9. The van der Waals surface area contributed by atoms with Crippen molar-refractivity contribution in [1.82, 2.24) is 0 Å². The zero-order valence-electron chi connectivity index (χ0n) is 73.5. The molecular formula is C84H114N4+4. The molecule has 2 fully saturated rings. The Balaban J connectivity index is 0.000000178. The van der Waals surface area contributed by atoms with Crippen LogP contribution in [0.5, 0.6) is 0 Å². The van der Waals surface area contributed by atoms with E-state index in [1.54, 1.807) is 36.4 Å². The number of fused-ring (bicyclic) bond motifs is 1. The molecule has 4 heteroatoms. The molecule has 3 aliphatic rings. The highest BCUT2D eigenvalue weighted by Crippen LogP contribution is 2.40. The summed E-state index contributed by atoms with van der Waals surface area (Å²) in [4.78, 5) is 0. The van der Waals surface area contributed by atoms with Crippen LogP contribution in [0.15, 0.2) is 122 Å². The maximum absolute atomic E-state index is 8.93. The summed E-state index contributed by atoms with van der Waals surface area (Å²) in [5.74, 6) is 0.123. The van der Waals surface area contributed by atoms with Crippen LogP contribution in [0.4, 0.5) is 0 Å². The van der Waals surface area contributed by atoms with Gasteiger partial charge >= 0.3 is 0 Å². The van der Waals surface area contributed by atoms with Gasteiger partial charge in [0.05, 0.1) is 0 Å². The van der Waals surface area contributed by atoms with Gasteiger partial charge in [-0.15, -0.1) is 0 Å². The molecule has 0 amide bonds. The normalized spacial score (nSPS) is 19.3. The van der Waals surface area contributed by atoms with Crippen molar-refractivity contribution < 1.29 is 41.6 Å². The molecule has 466 valence electrons. The number of hydrogen-bond acceptors (Lipinski definition) is 0. The fraction of sp³-hybridized carbons (Fsp3) is 0.476. The number of benzene rings is 4. The summed E-state index contributed by atoms with van der Waals surface area (Å²) in [6.07, 6.45) is 13.8. The lowest BCUT2D eigenvalue weighted by atomic mass is 9.71. The lowest BCUT2D eigenvalue weighted by Gasteiger charge is -2.34. The third kappa shape index (κ3) is 17.7. The third-order valence-electron chi connectivity index (χ3n) is 18.1. The van der Waals surface area contributed by atoms with Crippen LogP contribution in [0, 0.1) is 91.7 Å².